The number of carbonyl (C=O) groups excluding carboxylic acids is 2. The molecule has 5 rings (SSSR count). The number of ketones is 1. The summed E-state index contributed by atoms with van der Waals surface area (Å²) in [6.45, 7) is 15.7. The molecule has 4 atom stereocenters. The van der Waals surface area contributed by atoms with Crippen molar-refractivity contribution in [3.8, 4) is 17.2 Å². The number of phenolic OH excluding ortho intramolecular Hbond substituents is 2. The predicted molar refractivity (Wildman–Crippen MR) is 170 cm³/mol. The van der Waals surface area contributed by atoms with E-state index in [0.29, 0.717) is 23.1 Å². The van der Waals surface area contributed by atoms with Crippen LogP contribution in [0, 0.1) is 11.8 Å². The van der Waals surface area contributed by atoms with Gasteiger partial charge in [-0.25, -0.2) is 4.79 Å². The molecular weight excluding hydrogens is 556 g/mol. The van der Waals surface area contributed by atoms with Crippen molar-refractivity contribution in [3.63, 3.8) is 0 Å². The summed E-state index contributed by atoms with van der Waals surface area (Å²) in [6.07, 6.45) is 14.8. The highest BCUT2D eigenvalue weighted by Gasteiger charge is 2.78. The molecular formula is C37H46O7. The molecule has 4 aliphatic rings. The van der Waals surface area contributed by atoms with Crippen LogP contribution in [0.5, 0.6) is 17.2 Å². The van der Waals surface area contributed by atoms with Crippen LogP contribution in [0.25, 0.3) is 0 Å². The second-order valence-electron chi connectivity index (χ2n) is 13.8. The third kappa shape index (κ3) is 5.03. The third-order valence-electron chi connectivity index (χ3n) is 9.65. The molecule has 0 amide bonds. The van der Waals surface area contributed by atoms with Gasteiger partial charge in [-0.2, -0.15) is 0 Å². The van der Waals surface area contributed by atoms with Crippen molar-refractivity contribution in [2.45, 2.75) is 111 Å². The Morgan fingerprint density at radius 2 is 1.64 bits per heavy atom. The second kappa shape index (κ2) is 11.4. The molecule has 0 aromatic heterocycles. The molecule has 0 saturated carbocycles. The van der Waals surface area contributed by atoms with Crippen molar-refractivity contribution in [3.05, 3.63) is 75.4 Å². The van der Waals surface area contributed by atoms with Crippen LogP contribution in [-0.4, -0.2) is 39.0 Å². The summed E-state index contributed by atoms with van der Waals surface area (Å²) in [4.78, 5) is 27.7. The van der Waals surface area contributed by atoms with Crippen molar-refractivity contribution in [1.82, 2.24) is 0 Å². The first-order chi connectivity index (χ1) is 20.6. The smallest absolute Gasteiger partial charge is 0.336 e. The van der Waals surface area contributed by atoms with E-state index in [2.05, 4.69) is 19.9 Å². The minimum Gasteiger partial charge on any atom is -0.507 e. The summed E-state index contributed by atoms with van der Waals surface area (Å²) >= 11 is 0. The lowest BCUT2D eigenvalue weighted by molar-refractivity contribution is -0.284. The molecule has 2 spiro atoms. The Balaban J connectivity index is 1.70. The van der Waals surface area contributed by atoms with Crippen LogP contribution in [0.3, 0.4) is 0 Å². The van der Waals surface area contributed by atoms with Crippen molar-refractivity contribution in [2.75, 3.05) is 0 Å². The number of rotatable bonds is 7. The van der Waals surface area contributed by atoms with E-state index in [1.807, 2.05) is 58.9 Å². The number of benzene rings is 1. The molecule has 236 valence electrons. The summed E-state index contributed by atoms with van der Waals surface area (Å²) in [7, 11) is 0. The fourth-order valence-corrected chi connectivity index (χ4v) is 7.34. The van der Waals surface area contributed by atoms with E-state index in [1.165, 1.54) is 5.57 Å². The number of hydrogen-bond acceptors (Lipinski definition) is 7. The molecule has 1 aliphatic carbocycles. The van der Waals surface area contributed by atoms with Gasteiger partial charge in [-0.05, 0) is 87.5 Å². The van der Waals surface area contributed by atoms with Crippen molar-refractivity contribution >= 4 is 11.8 Å². The van der Waals surface area contributed by atoms with Gasteiger partial charge in [0.15, 0.2) is 11.4 Å². The topological polar surface area (TPSA) is 102 Å². The van der Waals surface area contributed by atoms with Crippen molar-refractivity contribution < 1.29 is 34.0 Å². The standard InChI is InChI=1S/C37H46O7/c1-21(2)11-9-12-23(5)16-18-25-30(38)26(17-15-22(3)4)33-29(31(25)39)32(40)27-13-10-14-28-35(7,8)44-36(37(27,28)42-33)20-19-24(6)34(41)43-36/h10-11,13,15-16,19,27-28,38-39H,9,12,14,17-18,20H2,1-8H3/t27-,28-,36-,37+/m1/s1. The Morgan fingerprint density at radius 1 is 0.955 bits per heavy atom. The number of ether oxygens (including phenoxy) is 3. The summed E-state index contributed by atoms with van der Waals surface area (Å²) in [5.41, 5.74) is 2.45. The summed E-state index contributed by atoms with van der Waals surface area (Å²) < 4.78 is 19.8. The Hall–Kier alpha value is -3.58. The normalized spacial score (nSPS) is 28.4. The Morgan fingerprint density at radius 3 is 2.30 bits per heavy atom. The largest absolute Gasteiger partial charge is 0.507 e. The van der Waals surface area contributed by atoms with Gasteiger partial charge in [0.05, 0.1) is 11.5 Å². The van der Waals surface area contributed by atoms with Crippen LogP contribution >= 0.6 is 0 Å². The van der Waals surface area contributed by atoms with Crippen LogP contribution in [0.4, 0.5) is 0 Å². The molecule has 3 aliphatic heterocycles. The number of esters is 1. The highest BCUT2D eigenvalue weighted by atomic mass is 16.8. The fraction of sp³-hybridized carbons (Fsp3) is 0.514. The molecule has 3 heterocycles. The van der Waals surface area contributed by atoms with Gasteiger partial charge in [0.25, 0.3) is 5.79 Å². The van der Waals surface area contributed by atoms with Gasteiger partial charge >= 0.3 is 5.97 Å². The van der Waals surface area contributed by atoms with Crippen LogP contribution < -0.4 is 4.74 Å². The summed E-state index contributed by atoms with van der Waals surface area (Å²) in [5.74, 6) is -3.89. The zero-order valence-electron chi connectivity index (χ0n) is 27.3. The molecule has 1 aromatic carbocycles. The third-order valence-corrected chi connectivity index (χ3v) is 9.65. The van der Waals surface area contributed by atoms with Gasteiger partial charge in [0.2, 0.25) is 0 Å². The molecule has 0 bridgehead atoms. The zero-order chi connectivity index (χ0) is 32.2. The van der Waals surface area contributed by atoms with Crippen LogP contribution in [0.15, 0.2) is 58.7 Å². The highest BCUT2D eigenvalue weighted by Crippen LogP contribution is 2.64. The number of hydrogen-bond donors (Lipinski definition) is 2. The van der Waals surface area contributed by atoms with E-state index in [1.54, 1.807) is 13.0 Å². The maximum atomic E-state index is 14.7. The summed E-state index contributed by atoms with van der Waals surface area (Å²) in [6, 6.07) is 0. The SMILES string of the molecule is CC(C)=CCCC(C)=CCc1c(O)c(CC=C(C)C)c2c(c1O)C(=O)[C@H]1C=CC[C@@H]3C(C)(C)O[C@]4(CC=C(C)C(=O)O4)[C@]13O2. The molecule has 1 saturated heterocycles. The molecule has 7 heteroatoms. The molecule has 44 heavy (non-hydrogen) atoms. The Labute approximate surface area is 261 Å². The molecule has 1 fully saturated rings. The molecule has 7 nitrogen and oxygen atoms in total. The molecule has 0 unspecified atom stereocenters. The number of fused-ring (bicyclic) bond motifs is 1. The number of carbonyl (C=O) groups is 2. The zero-order valence-corrected chi connectivity index (χ0v) is 27.3. The first kappa shape index (κ1) is 31.8. The van der Waals surface area contributed by atoms with E-state index >= 15 is 0 Å². The van der Waals surface area contributed by atoms with Gasteiger partial charge in [-0.15, -0.1) is 0 Å². The first-order valence-corrected chi connectivity index (χ1v) is 15.7. The second-order valence-corrected chi connectivity index (χ2v) is 13.8. The van der Waals surface area contributed by atoms with E-state index in [4.69, 9.17) is 14.2 Å². The Kier molecular flexibility index (Phi) is 8.25. The highest BCUT2D eigenvalue weighted by molar-refractivity contribution is 6.07. The van der Waals surface area contributed by atoms with Crippen LogP contribution in [0.2, 0.25) is 0 Å². The number of Topliss-reactive ketones (excluding diaryl/α,β-unsaturated/α-hetero) is 1. The lowest BCUT2D eigenvalue weighted by Gasteiger charge is -2.53. The molecule has 2 N–H and O–H groups in total. The minimum atomic E-state index is -1.57. The van der Waals surface area contributed by atoms with Gasteiger partial charge in [0, 0.05) is 29.0 Å². The quantitative estimate of drug-likeness (QED) is 0.243. The monoisotopic (exact) mass is 602 g/mol. The van der Waals surface area contributed by atoms with E-state index in [9.17, 15) is 19.8 Å². The molecule has 0 radical (unpaired) electrons. The van der Waals surface area contributed by atoms with Gasteiger partial charge in [-0.1, -0.05) is 53.2 Å². The fourth-order valence-electron chi connectivity index (χ4n) is 7.34. The number of phenols is 2. The lowest BCUT2D eigenvalue weighted by atomic mass is 9.60. The van der Waals surface area contributed by atoms with Crippen molar-refractivity contribution in [2.24, 2.45) is 11.8 Å². The first-order valence-electron chi connectivity index (χ1n) is 15.7. The van der Waals surface area contributed by atoms with E-state index < -0.39 is 28.9 Å². The lowest BCUT2D eigenvalue weighted by Crippen LogP contribution is -2.68. The van der Waals surface area contributed by atoms with E-state index in [0.717, 1.165) is 24.0 Å². The average molecular weight is 603 g/mol. The molecule has 1 aromatic rings. The Bertz CT molecular complexity index is 1540. The maximum absolute atomic E-state index is 14.7. The van der Waals surface area contributed by atoms with Crippen molar-refractivity contribution in [1.29, 1.82) is 0 Å². The van der Waals surface area contributed by atoms with E-state index in [-0.39, 0.29) is 53.8 Å². The summed E-state index contributed by atoms with van der Waals surface area (Å²) in [5, 5.41) is 23.4. The van der Waals surface area contributed by atoms with Gasteiger partial charge < -0.3 is 24.4 Å². The van der Waals surface area contributed by atoms with Crippen LogP contribution in [0.1, 0.15) is 103 Å². The maximum Gasteiger partial charge on any atom is 0.336 e. The minimum absolute atomic E-state index is 0.0557. The predicted octanol–water partition coefficient (Wildman–Crippen LogP) is 7.75. The van der Waals surface area contributed by atoms with Gasteiger partial charge in [0.1, 0.15) is 22.8 Å². The number of allylic oxidation sites excluding steroid dienone is 7. The van der Waals surface area contributed by atoms with Gasteiger partial charge in [-0.3, -0.25) is 4.79 Å². The average Bonchev–Trinajstić information content (AvgIpc) is 3.12. The number of aromatic hydroxyl groups is 2. The van der Waals surface area contributed by atoms with Crippen LogP contribution in [-0.2, 0) is 27.1 Å².